The molecule has 2 rings (SSSR count). The average Bonchev–Trinajstić information content (AvgIpc) is 2.46. The molecule has 2 N–H and O–H groups in total. The molecule has 1 atom stereocenters. The van der Waals surface area contributed by atoms with E-state index in [-0.39, 0.29) is 12.0 Å². The molecule has 0 aliphatic carbocycles. The third kappa shape index (κ3) is 2.89. The number of amides is 1. The Morgan fingerprint density at radius 1 is 1.44 bits per heavy atom. The van der Waals surface area contributed by atoms with Crippen LogP contribution in [0.4, 0.5) is 0 Å². The summed E-state index contributed by atoms with van der Waals surface area (Å²) in [7, 11) is 0. The number of hydrogen-bond acceptors (Lipinski definition) is 3. The summed E-state index contributed by atoms with van der Waals surface area (Å²) in [6.45, 7) is 4.36. The van der Waals surface area contributed by atoms with Gasteiger partial charge in [0.05, 0.1) is 12.7 Å². The molecule has 4 nitrogen and oxygen atoms in total. The Kier molecular flexibility index (Phi) is 4.33. The topological polar surface area (TPSA) is 55.6 Å². The minimum atomic E-state index is -0.0300. The smallest absolute Gasteiger partial charge is 0.254 e. The van der Waals surface area contributed by atoms with Crippen LogP contribution in [0.2, 0.25) is 0 Å². The zero-order valence-electron chi connectivity index (χ0n) is 10.8. The number of ether oxygens (including phenoxy) is 1. The Balaban J connectivity index is 2.05. The van der Waals surface area contributed by atoms with E-state index < -0.39 is 0 Å². The second-order valence-corrected chi connectivity index (χ2v) is 4.53. The van der Waals surface area contributed by atoms with Gasteiger partial charge >= 0.3 is 0 Å². The molecule has 1 aliphatic heterocycles. The summed E-state index contributed by atoms with van der Waals surface area (Å²) >= 11 is 0. The third-order valence-electron chi connectivity index (χ3n) is 3.30. The van der Waals surface area contributed by atoms with Crippen molar-refractivity contribution in [2.24, 2.45) is 5.73 Å². The fraction of sp³-hybridized carbons (Fsp3) is 0.500. The van der Waals surface area contributed by atoms with Crippen LogP contribution >= 0.6 is 0 Å². The molecule has 1 fully saturated rings. The van der Waals surface area contributed by atoms with E-state index in [2.05, 4.69) is 6.92 Å². The molecule has 1 aromatic rings. The van der Waals surface area contributed by atoms with Gasteiger partial charge in [0.15, 0.2) is 0 Å². The first-order valence-corrected chi connectivity index (χ1v) is 6.44. The van der Waals surface area contributed by atoms with Gasteiger partial charge in [-0.3, -0.25) is 4.79 Å². The predicted octanol–water partition coefficient (Wildman–Crippen LogP) is 1.05. The average molecular weight is 248 g/mol. The highest BCUT2D eigenvalue weighted by atomic mass is 16.5. The fourth-order valence-corrected chi connectivity index (χ4v) is 2.11. The van der Waals surface area contributed by atoms with Gasteiger partial charge in [0.1, 0.15) is 0 Å². The lowest BCUT2D eigenvalue weighted by Gasteiger charge is -2.32. The third-order valence-corrected chi connectivity index (χ3v) is 3.30. The molecule has 0 spiro atoms. The quantitative estimate of drug-likeness (QED) is 0.870. The van der Waals surface area contributed by atoms with E-state index in [0.717, 1.165) is 12.0 Å². The van der Waals surface area contributed by atoms with Crippen LogP contribution < -0.4 is 5.73 Å². The van der Waals surface area contributed by atoms with Crippen LogP contribution in [0.25, 0.3) is 0 Å². The Morgan fingerprint density at radius 2 is 2.17 bits per heavy atom. The molecule has 0 bridgehead atoms. The highest BCUT2D eigenvalue weighted by Gasteiger charge is 2.23. The van der Waals surface area contributed by atoms with Crippen molar-refractivity contribution in [1.82, 2.24) is 4.90 Å². The summed E-state index contributed by atoms with van der Waals surface area (Å²) in [6, 6.07) is 7.81. The number of morpholine rings is 1. The SMILES string of the molecule is CCc1ccc(C(=O)N2CCOC(CN)C2)cc1. The molecule has 4 heteroatoms. The number of nitrogens with zero attached hydrogens (tertiary/aromatic N) is 1. The van der Waals surface area contributed by atoms with Crippen LogP contribution in [-0.4, -0.2) is 43.2 Å². The molecular formula is C14H20N2O2. The molecule has 0 aromatic heterocycles. The molecule has 0 radical (unpaired) electrons. The van der Waals surface area contributed by atoms with Gasteiger partial charge < -0.3 is 15.4 Å². The van der Waals surface area contributed by atoms with E-state index in [4.69, 9.17) is 10.5 Å². The van der Waals surface area contributed by atoms with Gasteiger partial charge in [-0.05, 0) is 24.1 Å². The van der Waals surface area contributed by atoms with E-state index in [0.29, 0.717) is 26.2 Å². The first kappa shape index (κ1) is 13.1. The lowest BCUT2D eigenvalue weighted by molar-refractivity contribution is -0.0167. The van der Waals surface area contributed by atoms with Crippen LogP contribution in [0.15, 0.2) is 24.3 Å². The van der Waals surface area contributed by atoms with E-state index in [1.807, 2.05) is 29.2 Å². The monoisotopic (exact) mass is 248 g/mol. The fourth-order valence-electron chi connectivity index (χ4n) is 2.11. The van der Waals surface area contributed by atoms with Crippen molar-refractivity contribution < 1.29 is 9.53 Å². The van der Waals surface area contributed by atoms with Crippen molar-refractivity contribution in [3.8, 4) is 0 Å². The molecule has 1 aliphatic rings. The minimum absolute atomic E-state index is 0.0300. The number of nitrogens with two attached hydrogens (primary N) is 1. The summed E-state index contributed by atoms with van der Waals surface area (Å²) in [5, 5.41) is 0. The summed E-state index contributed by atoms with van der Waals surface area (Å²) in [4.78, 5) is 14.1. The molecule has 98 valence electrons. The Hall–Kier alpha value is -1.39. The summed E-state index contributed by atoms with van der Waals surface area (Å²) in [5.74, 6) is 0.0689. The van der Waals surface area contributed by atoms with Crippen molar-refractivity contribution in [2.75, 3.05) is 26.2 Å². The van der Waals surface area contributed by atoms with Crippen LogP contribution in [0.5, 0.6) is 0 Å². The van der Waals surface area contributed by atoms with Crippen molar-refractivity contribution in [2.45, 2.75) is 19.4 Å². The molecule has 1 aromatic carbocycles. The predicted molar refractivity (Wildman–Crippen MR) is 70.5 cm³/mol. The number of carbonyl (C=O) groups is 1. The highest BCUT2D eigenvalue weighted by Crippen LogP contribution is 2.11. The standard InChI is InChI=1S/C14H20N2O2/c1-2-11-3-5-12(6-4-11)14(17)16-7-8-18-13(9-15)10-16/h3-6,13H,2,7-10,15H2,1H3. The molecular weight excluding hydrogens is 228 g/mol. The number of rotatable bonds is 3. The van der Waals surface area contributed by atoms with Gasteiger partial charge in [0.2, 0.25) is 0 Å². The van der Waals surface area contributed by atoms with Gasteiger partial charge in [0.25, 0.3) is 5.91 Å². The van der Waals surface area contributed by atoms with Gasteiger partial charge in [-0.15, -0.1) is 0 Å². The number of aryl methyl sites for hydroxylation is 1. The minimum Gasteiger partial charge on any atom is -0.373 e. The summed E-state index contributed by atoms with van der Waals surface area (Å²) < 4.78 is 5.46. The van der Waals surface area contributed by atoms with Gasteiger partial charge in [-0.2, -0.15) is 0 Å². The lowest BCUT2D eigenvalue weighted by Crippen LogP contribution is -2.48. The first-order valence-electron chi connectivity index (χ1n) is 6.44. The van der Waals surface area contributed by atoms with Gasteiger partial charge in [-0.25, -0.2) is 0 Å². The summed E-state index contributed by atoms with van der Waals surface area (Å²) in [5.41, 5.74) is 7.56. The van der Waals surface area contributed by atoms with Crippen molar-refractivity contribution in [1.29, 1.82) is 0 Å². The number of carbonyl (C=O) groups excluding carboxylic acids is 1. The molecule has 0 saturated carbocycles. The molecule has 1 saturated heterocycles. The Bertz CT molecular complexity index is 403. The zero-order chi connectivity index (χ0) is 13.0. The van der Waals surface area contributed by atoms with Gasteiger partial charge in [-0.1, -0.05) is 19.1 Å². The van der Waals surface area contributed by atoms with Crippen molar-refractivity contribution in [3.05, 3.63) is 35.4 Å². The first-order chi connectivity index (χ1) is 8.74. The maximum Gasteiger partial charge on any atom is 0.254 e. The highest BCUT2D eigenvalue weighted by molar-refractivity contribution is 5.94. The van der Waals surface area contributed by atoms with Crippen LogP contribution in [0.3, 0.4) is 0 Å². The molecule has 18 heavy (non-hydrogen) atoms. The largest absolute Gasteiger partial charge is 0.373 e. The molecule has 1 amide bonds. The van der Waals surface area contributed by atoms with Gasteiger partial charge in [0, 0.05) is 25.2 Å². The van der Waals surface area contributed by atoms with Crippen LogP contribution in [0, 0.1) is 0 Å². The number of benzene rings is 1. The molecule has 1 unspecified atom stereocenters. The number of hydrogen-bond donors (Lipinski definition) is 1. The molecule has 1 heterocycles. The normalized spacial score (nSPS) is 19.9. The zero-order valence-corrected chi connectivity index (χ0v) is 10.8. The Labute approximate surface area is 108 Å². The maximum absolute atomic E-state index is 12.3. The summed E-state index contributed by atoms with van der Waals surface area (Å²) in [6.07, 6.45) is 0.957. The van der Waals surface area contributed by atoms with Crippen LogP contribution in [0.1, 0.15) is 22.8 Å². The second kappa shape index (κ2) is 5.98. The maximum atomic E-state index is 12.3. The van der Waals surface area contributed by atoms with Crippen molar-refractivity contribution in [3.63, 3.8) is 0 Å². The Morgan fingerprint density at radius 3 is 2.78 bits per heavy atom. The van der Waals surface area contributed by atoms with Crippen LogP contribution in [-0.2, 0) is 11.2 Å². The van der Waals surface area contributed by atoms with E-state index in [1.54, 1.807) is 0 Å². The lowest BCUT2D eigenvalue weighted by atomic mass is 10.1. The van der Waals surface area contributed by atoms with E-state index in [9.17, 15) is 4.79 Å². The second-order valence-electron chi connectivity index (χ2n) is 4.53. The van der Waals surface area contributed by atoms with Crippen molar-refractivity contribution >= 4 is 5.91 Å². The van der Waals surface area contributed by atoms with E-state index >= 15 is 0 Å². The van der Waals surface area contributed by atoms with E-state index in [1.165, 1.54) is 5.56 Å².